The zero-order valence-electron chi connectivity index (χ0n) is 15.6. The lowest BCUT2D eigenvalue weighted by Gasteiger charge is -2.17. The highest BCUT2D eigenvalue weighted by molar-refractivity contribution is 7.14. The van der Waals surface area contributed by atoms with Crippen LogP contribution in [0.5, 0.6) is 5.75 Å². The van der Waals surface area contributed by atoms with E-state index in [1.165, 1.54) is 12.1 Å². The Morgan fingerprint density at radius 1 is 1.10 bits per heavy atom. The smallest absolute Gasteiger partial charge is 0.419 e. The van der Waals surface area contributed by atoms with Crippen LogP contribution in [0, 0.1) is 0 Å². The Balaban J connectivity index is 1.83. The molecule has 2 aromatic carbocycles. The number of nitrogens with zero attached hydrogens (tertiary/aromatic N) is 2. The SMILES string of the molecule is C[C@](N)(CO)c1nnc(-c2ccc(OCCc3ccccc3)c(C(F)(F)F)c2)s1. The van der Waals surface area contributed by atoms with E-state index in [9.17, 15) is 18.3 Å². The van der Waals surface area contributed by atoms with Crippen LogP contribution in [0.2, 0.25) is 0 Å². The molecule has 0 bridgehead atoms. The van der Waals surface area contributed by atoms with Crippen LogP contribution in [0.25, 0.3) is 10.6 Å². The van der Waals surface area contributed by atoms with Crippen molar-refractivity contribution in [3.8, 4) is 16.3 Å². The van der Waals surface area contributed by atoms with Crippen molar-refractivity contribution in [3.05, 3.63) is 64.7 Å². The molecule has 0 aliphatic rings. The molecule has 0 aliphatic heterocycles. The monoisotopic (exact) mass is 423 g/mol. The van der Waals surface area contributed by atoms with Crippen LogP contribution in [0.1, 0.15) is 23.1 Å². The van der Waals surface area contributed by atoms with E-state index in [1.54, 1.807) is 6.92 Å². The van der Waals surface area contributed by atoms with Gasteiger partial charge in [-0.1, -0.05) is 41.7 Å². The molecule has 0 aliphatic carbocycles. The van der Waals surface area contributed by atoms with Crippen molar-refractivity contribution in [1.29, 1.82) is 0 Å². The van der Waals surface area contributed by atoms with Gasteiger partial charge < -0.3 is 15.6 Å². The molecule has 0 amide bonds. The second-order valence-corrected chi connectivity index (χ2v) is 7.76. The molecular formula is C20H20F3N3O2S. The third kappa shape index (κ3) is 5.11. The van der Waals surface area contributed by atoms with Crippen molar-refractivity contribution in [1.82, 2.24) is 10.2 Å². The molecule has 3 rings (SSSR count). The van der Waals surface area contributed by atoms with Gasteiger partial charge in [0.05, 0.1) is 24.3 Å². The fourth-order valence-corrected chi connectivity index (χ4v) is 3.46. The molecule has 0 saturated carbocycles. The normalized spacial score (nSPS) is 13.9. The van der Waals surface area contributed by atoms with Crippen LogP contribution in [-0.4, -0.2) is 28.5 Å². The Bertz CT molecular complexity index is 959. The number of alkyl halides is 3. The first-order valence-corrected chi connectivity index (χ1v) is 9.64. The Hall–Kier alpha value is -2.49. The largest absolute Gasteiger partial charge is 0.493 e. The lowest BCUT2D eigenvalue weighted by Crippen LogP contribution is -2.36. The summed E-state index contributed by atoms with van der Waals surface area (Å²) in [6.45, 7) is 1.34. The van der Waals surface area contributed by atoms with Gasteiger partial charge in [0.25, 0.3) is 0 Å². The van der Waals surface area contributed by atoms with Gasteiger partial charge in [0, 0.05) is 12.0 Å². The number of aliphatic hydroxyl groups excluding tert-OH is 1. The number of ether oxygens (including phenoxy) is 1. The van der Waals surface area contributed by atoms with Crippen LogP contribution in [0.3, 0.4) is 0 Å². The minimum Gasteiger partial charge on any atom is -0.493 e. The number of aromatic nitrogens is 2. The number of aliphatic hydroxyl groups is 1. The second-order valence-electron chi connectivity index (χ2n) is 6.78. The summed E-state index contributed by atoms with van der Waals surface area (Å²) in [7, 11) is 0. The van der Waals surface area contributed by atoms with E-state index < -0.39 is 17.3 Å². The van der Waals surface area contributed by atoms with Crippen molar-refractivity contribution < 1.29 is 23.0 Å². The van der Waals surface area contributed by atoms with Crippen molar-refractivity contribution in [2.24, 2.45) is 5.73 Å². The van der Waals surface area contributed by atoms with Crippen LogP contribution >= 0.6 is 11.3 Å². The Kier molecular flexibility index (Phi) is 6.21. The molecular weight excluding hydrogens is 403 g/mol. The maximum Gasteiger partial charge on any atom is 0.419 e. The number of rotatable bonds is 7. The number of hydrogen-bond donors (Lipinski definition) is 2. The molecule has 3 N–H and O–H groups in total. The summed E-state index contributed by atoms with van der Waals surface area (Å²) in [6, 6.07) is 13.2. The number of benzene rings is 2. The minimum atomic E-state index is -4.58. The van der Waals surface area contributed by atoms with Gasteiger partial charge in [0.15, 0.2) is 0 Å². The molecule has 0 saturated heterocycles. The summed E-state index contributed by atoms with van der Waals surface area (Å²) in [5, 5.41) is 17.8. The highest BCUT2D eigenvalue weighted by Gasteiger charge is 2.35. The van der Waals surface area contributed by atoms with Gasteiger partial charge in [0.1, 0.15) is 15.8 Å². The molecule has 3 aromatic rings. The first-order chi connectivity index (χ1) is 13.7. The van der Waals surface area contributed by atoms with Crippen LogP contribution in [0.15, 0.2) is 48.5 Å². The Morgan fingerprint density at radius 2 is 1.83 bits per heavy atom. The van der Waals surface area contributed by atoms with Gasteiger partial charge in [-0.15, -0.1) is 10.2 Å². The van der Waals surface area contributed by atoms with Gasteiger partial charge >= 0.3 is 6.18 Å². The zero-order chi connectivity index (χ0) is 21.1. The van der Waals surface area contributed by atoms with Crippen molar-refractivity contribution >= 4 is 11.3 Å². The lowest BCUT2D eigenvalue weighted by atomic mass is 10.1. The quantitative estimate of drug-likeness (QED) is 0.600. The third-order valence-corrected chi connectivity index (χ3v) is 5.52. The minimum absolute atomic E-state index is 0.122. The summed E-state index contributed by atoms with van der Waals surface area (Å²) >= 11 is 1.04. The Labute approximate surface area is 170 Å². The maximum absolute atomic E-state index is 13.6. The Morgan fingerprint density at radius 3 is 2.48 bits per heavy atom. The highest BCUT2D eigenvalue weighted by atomic mass is 32.1. The van der Waals surface area contributed by atoms with Gasteiger partial charge in [-0.3, -0.25) is 0 Å². The van der Waals surface area contributed by atoms with Crippen molar-refractivity contribution in [2.45, 2.75) is 25.1 Å². The van der Waals surface area contributed by atoms with Gasteiger partial charge in [-0.25, -0.2) is 0 Å². The maximum atomic E-state index is 13.6. The van der Waals surface area contributed by atoms with E-state index in [1.807, 2.05) is 30.3 Å². The first-order valence-electron chi connectivity index (χ1n) is 8.83. The van der Waals surface area contributed by atoms with E-state index in [2.05, 4.69) is 10.2 Å². The lowest BCUT2D eigenvalue weighted by molar-refractivity contribution is -0.138. The summed E-state index contributed by atoms with van der Waals surface area (Å²) < 4.78 is 46.2. The topological polar surface area (TPSA) is 81.3 Å². The number of nitrogens with two attached hydrogens (primary N) is 1. The predicted octanol–water partition coefficient (Wildman–Crippen LogP) is 4.01. The van der Waals surface area contributed by atoms with Crippen LogP contribution in [-0.2, 0) is 18.1 Å². The summed E-state index contributed by atoms with van der Waals surface area (Å²) in [6.07, 6.45) is -4.09. The molecule has 1 aromatic heterocycles. The first kappa shape index (κ1) is 21.2. The average molecular weight is 423 g/mol. The molecule has 0 spiro atoms. The average Bonchev–Trinajstić information content (AvgIpc) is 3.19. The molecule has 0 radical (unpaired) electrons. The van der Waals surface area contributed by atoms with E-state index >= 15 is 0 Å². The van der Waals surface area contributed by atoms with Gasteiger partial charge in [0.2, 0.25) is 0 Å². The van der Waals surface area contributed by atoms with Crippen molar-refractivity contribution in [2.75, 3.05) is 13.2 Å². The molecule has 9 heteroatoms. The van der Waals surface area contributed by atoms with Gasteiger partial charge in [-0.05, 0) is 30.7 Å². The summed E-state index contributed by atoms with van der Waals surface area (Å²) in [4.78, 5) is 0. The molecule has 5 nitrogen and oxygen atoms in total. The second kappa shape index (κ2) is 8.48. The molecule has 29 heavy (non-hydrogen) atoms. The molecule has 0 fully saturated rings. The predicted molar refractivity (Wildman–Crippen MR) is 105 cm³/mol. The van der Waals surface area contributed by atoms with Crippen molar-refractivity contribution in [3.63, 3.8) is 0 Å². The van der Waals surface area contributed by atoms with E-state index in [-0.39, 0.29) is 29.5 Å². The number of halogens is 3. The molecule has 1 heterocycles. The molecule has 0 unspecified atom stereocenters. The fraction of sp³-hybridized carbons (Fsp3) is 0.300. The van der Waals surface area contributed by atoms with E-state index in [0.717, 1.165) is 23.0 Å². The summed E-state index contributed by atoms with van der Waals surface area (Å²) in [5.74, 6) is -0.235. The molecule has 1 atom stereocenters. The highest BCUT2D eigenvalue weighted by Crippen LogP contribution is 2.39. The fourth-order valence-electron chi connectivity index (χ4n) is 2.57. The van der Waals surface area contributed by atoms with Gasteiger partial charge in [-0.2, -0.15) is 13.2 Å². The zero-order valence-corrected chi connectivity index (χ0v) is 16.4. The van der Waals surface area contributed by atoms with E-state index in [4.69, 9.17) is 10.5 Å². The number of hydrogen-bond acceptors (Lipinski definition) is 6. The summed E-state index contributed by atoms with van der Waals surface area (Å²) in [5.41, 5.74) is 5.16. The van der Waals surface area contributed by atoms with E-state index in [0.29, 0.717) is 11.4 Å². The standard InChI is InChI=1S/C20H20F3N3O2S/c1-19(24,12-27)18-26-25-17(29-18)14-7-8-16(15(11-14)20(21,22)23)28-10-9-13-5-3-2-4-6-13/h2-8,11,27H,9-10,12,24H2,1H3/t19-/m0/s1. The van der Waals surface area contributed by atoms with Crippen LogP contribution in [0.4, 0.5) is 13.2 Å². The van der Waals surface area contributed by atoms with Crippen LogP contribution < -0.4 is 10.5 Å². The third-order valence-electron chi connectivity index (χ3n) is 4.27. The molecule has 154 valence electrons.